The van der Waals surface area contributed by atoms with Crippen LogP contribution in [-0.2, 0) is 11.2 Å². The van der Waals surface area contributed by atoms with Gasteiger partial charge in [0.15, 0.2) is 0 Å². The summed E-state index contributed by atoms with van der Waals surface area (Å²) in [6, 6.07) is 3.15. The highest BCUT2D eigenvalue weighted by molar-refractivity contribution is 5.02. The maximum Gasteiger partial charge on any atom is 0.0640 e. The molecular formula is C16H31N3O. The topological polar surface area (TPSA) is 39.1 Å². The summed E-state index contributed by atoms with van der Waals surface area (Å²) in [5, 5.41) is 8.14. The maximum absolute atomic E-state index is 5.22. The van der Waals surface area contributed by atoms with Crippen LogP contribution in [0.4, 0.5) is 0 Å². The first kappa shape index (κ1) is 17.2. The van der Waals surface area contributed by atoms with E-state index >= 15 is 0 Å². The first-order chi connectivity index (χ1) is 9.64. The molecule has 0 saturated carbocycles. The number of hydrogen-bond donors (Lipinski definition) is 1. The van der Waals surface area contributed by atoms with Crippen LogP contribution in [0.15, 0.2) is 12.3 Å². The van der Waals surface area contributed by atoms with Gasteiger partial charge in [-0.15, -0.1) is 0 Å². The Labute approximate surface area is 123 Å². The van der Waals surface area contributed by atoms with Crippen LogP contribution in [-0.4, -0.2) is 36.6 Å². The van der Waals surface area contributed by atoms with E-state index in [1.807, 2.05) is 7.05 Å². The fourth-order valence-corrected chi connectivity index (χ4v) is 2.75. The lowest BCUT2D eigenvalue weighted by molar-refractivity contribution is 0.150. The molecule has 1 aromatic heterocycles. The molecule has 0 radical (unpaired) electrons. The van der Waals surface area contributed by atoms with E-state index in [1.165, 1.54) is 5.69 Å². The highest BCUT2D eigenvalue weighted by atomic mass is 16.5. The second-order valence-corrected chi connectivity index (χ2v) is 5.74. The van der Waals surface area contributed by atoms with E-state index in [-0.39, 0.29) is 0 Å². The normalized spacial score (nSPS) is 14.7. The zero-order chi connectivity index (χ0) is 15.0. The van der Waals surface area contributed by atoms with Crippen LogP contribution in [0.3, 0.4) is 0 Å². The molecule has 0 aliphatic rings. The molecule has 1 aromatic rings. The molecule has 0 bridgehead atoms. The Bertz CT molecular complexity index is 360. The SMILES string of the molecule is CCC(CC)n1ccc(CC(CC(C)COC)NC)n1. The van der Waals surface area contributed by atoms with Crippen LogP contribution in [0.25, 0.3) is 0 Å². The maximum atomic E-state index is 5.22. The van der Waals surface area contributed by atoms with E-state index < -0.39 is 0 Å². The second-order valence-electron chi connectivity index (χ2n) is 5.74. The molecule has 2 unspecified atom stereocenters. The number of aromatic nitrogens is 2. The molecule has 0 fully saturated rings. The van der Waals surface area contributed by atoms with Crippen LogP contribution < -0.4 is 5.32 Å². The summed E-state index contributed by atoms with van der Waals surface area (Å²) in [4.78, 5) is 0. The third-order valence-corrected chi connectivity index (χ3v) is 3.98. The average molecular weight is 281 g/mol. The van der Waals surface area contributed by atoms with Crippen LogP contribution in [0.1, 0.15) is 51.8 Å². The molecule has 1 rings (SSSR count). The molecule has 0 aliphatic heterocycles. The van der Waals surface area contributed by atoms with Gasteiger partial charge in [-0.05, 0) is 38.3 Å². The lowest BCUT2D eigenvalue weighted by atomic mass is 9.99. The summed E-state index contributed by atoms with van der Waals surface area (Å²) in [6.45, 7) is 7.49. The largest absolute Gasteiger partial charge is 0.384 e. The molecule has 1 heterocycles. The van der Waals surface area contributed by atoms with Gasteiger partial charge in [-0.3, -0.25) is 4.68 Å². The molecule has 2 atom stereocenters. The molecule has 0 saturated heterocycles. The van der Waals surface area contributed by atoms with Crippen molar-refractivity contribution in [2.75, 3.05) is 20.8 Å². The van der Waals surface area contributed by atoms with Crippen LogP contribution in [0.5, 0.6) is 0 Å². The van der Waals surface area contributed by atoms with E-state index in [4.69, 9.17) is 9.84 Å². The van der Waals surface area contributed by atoms with E-state index in [9.17, 15) is 0 Å². The summed E-state index contributed by atoms with van der Waals surface area (Å²) in [5.41, 5.74) is 1.18. The molecule has 4 nitrogen and oxygen atoms in total. The molecule has 20 heavy (non-hydrogen) atoms. The summed E-state index contributed by atoms with van der Waals surface area (Å²) < 4.78 is 7.34. The summed E-state index contributed by atoms with van der Waals surface area (Å²) in [6.07, 6.45) is 6.49. The number of nitrogens with one attached hydrogen (secondary N) is 1. The molecule has 116 valence electrons. The summed E-state index contributed by atoms with van der Waals surface area (Å²) >= 11 is 0. The standard InChI is InChI=1S/C16H31N3O/c1-6-16(7-2)19-9-8-14(18-19)11-15(17-4)10-13(3)12-20-5/h8-9,13,15-17H,6-7,10-12H2,1-5H3. The van der Waals surface area contributed by atoms with Crippen molar-refractivity contribution >= 4 is 0 Å². The molecule has 0 spiro atoms. The van der Waals surface area contributed by atoms with Gasteiger partial charge in [-0.2, -0.15) is 5.10 Å². The van der Waals surface area contributed by atoms with E-state index in [1.54, 1.807) is 7.11 Å². The Kier molecular flexibility index (Phi) is 7.85. The van der Waals surface area contributed by atoms with E-state index in [2.05, 4.69) is 43.0 Å². The zero-order valence-electron chi connectivity index (χ0n) is 13.7. The first-order valence-electron chi connectivity index (χ1n) is 7.84. The van der Waals surface area contributed by atoms with Crippen molar-refractivity contribution < 1.29 is 4.74 Å². The lowest BCUT2D eigenvalue weighted by Crippen LogP contribution is -2.30. The van der Waals surface area contributed by atoms with Crippen molar-refractivity contribution in [1.82, 2.24) is 15.1 Å². The van der Waals surface area contributed by atoms with Gasteiger partial charge in [-0.25, -0.2) is 0 Å². The Morgan fingerprint density at radius 2 is 2.05 bits per heavy atom. The van der Waals surface area contributed by atoms with Crippen LogP contribution in [0, 0.1) is 5.92 Å². The quantitative estimate of drug-likeness (QED) is 0.716. The highest BCUT2D eigenvalue weighted by Gasteiger charge is 2.15. The lowest BCUT2D eigenvalue weighted by Gasteiger charge is -2.19. The van der Waals surface area contributed by atoms with Gasteiger partial charge in [-0.1, -0.05) is 20.8 Å². The predicted octanol–water partition coefficient (Wildman–Crippen LogP) is 3.05. The van der Waals surface area contributed by atoms with Gasteiger partial charge in [0.2, 0.25) is 0 Å². The van der Waals surface area contributed by atoms with Crippen molar-refractivity contribution in [2.45, 2.75) is 58.5 Å². The molecule has 0 aliphatic carbocycles. The van der Waals surface area contributed by atoms with Crippen molar-refractivity contribution in [3.63, 3.8) is 0 Å². The number of nitrogens with zero attached hydrogens (tertiary/aromatic N) is 2. The average Bonchev–Trinajstić information content (AvgIpc) is 2.88. The predicted molar refractivity (Wildman–Crippen MR) is 84.1 cm³/mol. The first-order valence-corrected chi connectivity index (χ1v) is 7.84. The van der Waals surface area contributed by atoms with Gasteiger partial charge in [0, 0.05) is 32.4 Å². The third-order valence-electron chi connectivity index (χ3n) is 3.98. The molecule has 0 amide bonds. The van der Waals surface area contributed by atoms with Crippen molar-refractivity contribution in [3.8, 4) is 0 Å². The molecular weight excluding hydrogens is 250 g/mol. The van der Waals surface area contributed by atoms with Gasteiger partial charge in [0.05, 0.1) is 11.7 Å². The minimum Gasteiger partial charge on any atom is -0.384 e. The second kappa shape index (κ2) is 9.14. The van der Waals surface area contributed by atoms with Crippen LogP contribution in [0.2, 0.25) is 0 Å². The Hall–Kier alpha value is -0.870. The fourth-order valence-electron chi connectivity index (χ4n) is 2.75. The van der Waals surface area contributed by atoms with Crippen molar-refractivity contribution in [1.29, 1.82) is 0 Å². The fraction of sp³-hybridized carbons (Fsp3) is 0.812. The van der Waals surface area contributed by atoms with Gasteiger partial charge in [0.1, 0.15) is 0 Å². The smallest absolute Gasteiger partial charge is 0.0640 e. The minimum atomic E-state index is 0.463. The Balaban J connectivity index is 2.57. The van der Waals surface area contributed by atoms with Crippen molar-refractivity contribution in [3.05, 3.63) is 18.0 Å². The van der Waals surface area contributed by atoms with Gasteiger partial charge in [0.25, 0.3) is 0 Å². The minimum absolute atomic E-state index is 0.463. The summed E-state index contributed by atoms with van der Waals surface area (Å²) in [7, 11) is 3.80. The number of ether oxygens (including phenoxy) is 1. The molecule has 4 heteroatoms. The highest BCUT2D eigenvalue weighted by Crippen LogP contribution is 2.16. The number of methoxy groups -OCH3 is 1. The molecule has 0 aromatic carbocycles. The van der Waals surface area contributed by atoms with Crippen LogP contribution >= 0.6 is 0 Å². The van der Waals surface area contributed by atoms with Gasteiger partial charge < -0.3 is 10.1 Å². The van der Waals surface area contributed by atoms with Crippen molar-refractivity contribution in [2.24, 2.45) is 5.92 Å². The number of hydrogen-bond acceptors (Lipinski definition) is 3. The van der Waals surface area contributed by atoms with E-state index in [0.29, 0.717) is 18.0 Å². The summed E-state index contributed by atoms with van der Waals surface area (Å²) in [5.74, 6) is 0.568. The monoisotopic (exact) mass is 281 g/mol. The number of rotatable bonds is 10. The number of likely N-dealkylation sites (N-methyl/N-ethyl adjacent to an activating group) is 1. The third kappa shape index (κ3) is 5.25. The van der Waals surface area contributed by atoms with E-state index in [0.717, 1.165) is 32.3 Å². The zero-order valence-corrected chi connectivity index (χ0v) is 13.7. The Morgan fingerprint density at radius 3 is 2.60 bits per heavy atom. The molecule has 1 N–H and O–H groups in total. The van der Waals surface area contributed by atoms with Gasteiger partial charge >= 0.3 is 0 Å². The Morgan fingerprint density at radius 1 is 1.35 bits per heavy atom.